The fraction of sp³-hybridized carbons (Fsp3) is 0.105. The third-order valence-electron chi connectivity index (χ3n) is 3.94. The lowest BCUT2D eigenvalue weighted by molar-refractivity contribution is -0.113. The molecule has 0 bridgehead atoms. The second kappa shape index (κ2) is 8.50. The lowest BCUT2D eigenvalue weighted by Gasteiger charge is -2.04. The summed E-state index contributed by atoms with van der Waals surface area (Å²) in [4.78, 5) is 16.7. The minimum atomic E-state index is -0.303. The second-order valence-corrected chi connectivity index (χ2v) is 7.89. The van der Waals surface area contributed by atoms with Crippen LogP contribution in [0.15, 0.2) is 59.1 Å². The number of thioether (sulfide) groups is 1. The molecule has 2 aromatic carbocycles. The Morgan fingerprint density at radius 3 is 2.69 bits per heavy atom. The van der Waals surface area contributed by atoms with E-state index in [1.54, 1.807) is 16.8 Å². The summed E-state index contributed by atoms with van der Waals surface area (Å²) in [6, 6.07) is 13.8. The number of nitrogens with one attached hydrogen (secondary N) is 1. The fourth-order valence-electron chi connectivity index (χ4n) is 2.49. The Balaban J connectivity index is 1.37. The van der Waals surface area contributed by atoms with Gasteiger partial charge in [-0.05, 0) is 53.7 Å². The molecule has 2 aromatic heterocycles. The molecule has 0 saturated carbocycles. The molecule has 0 saturated heterocycles. The minimum Gasteiger partial charge on any atom is -0.301 e. The molecule has 29 heavy (non-hydrogen) atoms. The molecule has 0 radical (unpaired) electrons. The van der Waals surface area contributed by atoms with Crippen LogP contribution in [0.3, 0.4) is 0 Å². The minimum absolute atomic E-state index is 0.137. The highest BCUT2D eigenvalue weighted by Gasteiger charge is 2.13. The average Bonchev–Trinajstić information content (AvgIpc) is 3.37. The number of rotatable bonds is 6. The van der Waals surface area contributed by atoms with Crippen molar-refractivity contribution >= 4 is 34.1 Å². The summed E-state index contributed by atoms with van der Waals surface area (Å²) >= 11 is 2.54. The number of carbonyl (C=O) groups excluding carboxylic acids is 1. The number of halogens is 1. The smallest absolute Gasteiger partial charge is 0.236 e. The zero-order chi connectivity index (χ0) is 20.2. The maximum atomic E-state index is 13.0. The van der Waals surface area contributed by atoms with Crippen molar-refractivity contribution in [1.29, 1.82) is 0 Å². The van der Waals surface area contributed by atoms with Crippen LogP contribution in [0.25, 0.3) is 16.9 Å². The van der Waals surface area contributed by atoms with Crippen LogP contribution >= 0.6 is 23.1 Å². The van der Waals surface area contributed by atoms with E-state index in [0.29, 0.717) is 16.0 Å². The molecule has 0 spiro atoms. The van der Waals surface area contributed by atoms with E-state index in [1.807, 2.05) is 36.6 Å². The molecule has 146 valence electrons. The lowest BCUT2D eigenvalue weighted by Crippen LogP contribution is -2.14. The van der Waals surface area contributed by atoms with Gasteiger partial charge >= 0.3 is 0 Å². The first-order valence-corrected chi connectivity index (χ1v) is 10.4. The van der Waals surface area contributed by atoms with E-state index in [0.717, 1.165) is 16.8 Å². The van der Waals surface area contributed by atoms with Crippen molar-refractivity contribution in [3.05, 3.63) is 65.3 Å². The maximum absolute atomic E-state index is 13.0. The van der Waals surface area contributed by atoms with Crippen LogP contribution in [-0.2, 0) is 4.79 Å². The molecule has 4 aromatic rings. The monoisotopic (exact) mass is 426 g/mol. The lowest BCUT2D eigenvalue weighted by atomic mass is 10.2. The highest BCUT2D eigenvalue weighted by atomic mass is 32.2. The van der Waals surface area contributed by atoms with Gasteiger partial charge in [0.05, 0.1) is 17.1 Å². The third kappa shape index (κ3) is 4.66. The summed E-state index contributed by atoms with van der Waals surface area (Å²) in [6.45, 7) is 2.00. The summed E-state index contributed by atoms with van der Waals surface area (Å²) in [6.07, 6.45) is 0. The first-order valence-electron chi connectivity index (χ1n) is 8.58. The van der Waals surface area contributed by atoms with E-state index in [-0.39, 0.29) is 17.5 Å². The number of hydrogen-bond donors (Lipinski definition) is 1. The number of tetrazole rings is 1. The van der Waals surface area contributed by atoms with Crippen LogP contribution in [0.5, 0.6) is 0 Å². The second-order valence-electron chi connectivity index (χ2n) is 6.09. The molecule has 7 nitrogen and oxygen atoms in total. The number of thiazole rings is 1. The van der Waals surface area contributed by atoms with Gasteiger partial charge in [0.2, 0.25) is 11.1 Å². The average molecular weight is 427 g/mol. The molecular formula is C19H15FN6OS2. The molecule has 1 N–H and O–H groups in total. The first-order chi connectivity index (χ1) is 14.1. The molecule has 2 heterocycles. The van der Waals surface area contributed by atoms with Gasteiger partial charge in [0, 0.05) is 10.9 Å². The largest absolute Gasteiger partial charge is 0.301 e. The fourth-order valence-corrected chi connectivity index (χ4v) is 3.91. The zero-order valence-corrected chi connectivity index (χ0v) is 16.9. The molecule has 0 aliphatic rings. The van der Waals surface area contributed by atoms with Crippen molar-refractivity contribution in [2.45, 2.75) is 12.1 Å². The maximum Gasteiger partial charge on any atom is 0.236 e. The first kappa shape index (κ1) is 19.2. The van der Waals surface area contributed by atoms with Gasteiger partial charge in [-0.3, -0.25) is 4.79 Å². The third-order valence-corrected chi connectivity index (χ3v) is 5.62. The summed E-state index contributed by atoms with van der Waals surface area (Å²) < 4.78 is 14.6. The Labute approximate surface area is 174 Å². The van der Waals surface area contributed by atoms with E-state index >= 15 is 0 Å². The number of nitrogens with zero attached hydrogens (tertiary/aromatic N) is 5. The number of hydrogen-bond acceptors (Lipinski definition) is 7. The number of benzene rings is 2. The predicted octanol–water partition coefficient (Wildman–Crippen LogP) is 3.96. The number of aromatic nitrogens is 5. The molecule has 0 fully saturated rings. The van der Waals surface area contributed by atoms with Crippen LogP contribution in [0, 0.1) is 12.7 Å². The quantitative estimate of drug-likeness (QED) is 0.470. The molecule has 0 aliphatic carbocycles. The van der Waals surface area contributed by atoms with Gasteiger partial charge < -0.3 is 5.32 Å². The zero-order valence-electron chi connectivity index (χ0n) is 15.2. The van der Waals surface area contributed by atoms with Crippen molar-refractivity contribution in [2.24, 2.45) is 0 Å². The number of amides is 1. The Morgan fingerprint density at radius 2 is 1.93 bits per heavy atom. The standard InChI is InChI=1S/C19H15FN6OS2/c1-12-2-8-15(9-3-12)26-19(23-24-25-26)29-11-17(27)22-18-21-16(10-28-18)13-4-6-14(20)7-5-13/h2-10H,11H2,1H3,(H,21,22,27). The number of carbonyl (C=O) groups is 1. The molecule has 0 aliphatic heterocycles. The number of aryl methyl sites for hydroxylation is 1. The Morgan fingerprint density at radius 1 is 1.17 bits per heavy atom. The van der Waals surface area contributed by atoms with Gasteiger partial charge in [0.25, 0.3) is 0 Å². The molecule has 10 heteroatoms. The molecule has 4 rings (SSSR count). The van der Waals surface area contributed by atoms with Gasteiger partial charge in [-0.2, -0.15) is 4.68 Å². The van der Waals surface area contributed by atoms with Gasteiger partial charge in [0.1, 0.15) is 5.82 Å². The molecule has 0 atom stereocenters. The summed E-state index contributed by atoms with van der Waals surface area (Å²) in [7, 11) is 0. The van der Waals surface area contributed by atoms with Crippen molar-refractivity contribution in [1.82, 2.24) is 25.2 Å². The Hall–Kier alpha value is -3.11. The number of anilines is 1. The van der Waals surface area contributed by atoms with E-state index in [4.69, 9.17) is 0 Å². The highest BCUT2D eigenvalue weighted by Crippen LogP contribution is 2.25. The SMILES string of the molecule is Cc1ccc(-n2nnnc2SCC(=O)Nc2nc(-c3ccc(F)cc3)cs2)cc1. The van der Waals surface area contributed by atoms with E-state index in [9.17, 15) is 9.18 Å². The van der Waals surface area contributed by atoms with Gasteiger partial charge in [0.15, 0.2) is 5.13 Å². The van der Waals surface area contributed by atoms with Gasteiger partial charge in [-0.25, -0.2) is 9.37 Å². The van der Waals surface area contributed by atoms with Crippen LogP contribution in [0.2, 0.25) is 0 Å². The highest BCUT2D eigenvalue weighted by molar-refractivity contribution is 7.99. The van der Waals surface area contributed by atoms with E-state index in [2.05, 4.69) is 25.8 Å². The van der Waals surface area contributed by atoms with Crippen molar-refractivity contribution in [3.8, 4) is 16.9 Å². The van der Waals surface area contributed by atoms with Crippen molar-refractivity contribution in [3.63, 3.8) is 0 Å². The molecule has 0 unspecified atom stereocenters. The van der Waals surface area contributed by atoms with Gasteiger partial charge in [-0.15, -0.1) is 16.4 Å². The molecular weight excluding hydrogens is 411 g/mol. The summed E-state index contributed by atoms with van der Waals surface area (Å²) in [5, 5.41) is 17.3. The molecule has 1 amide bonds. The Bertz CT molecular complexity index is 1120. The summed E-state index contributed by atoms with van der Waals surface area (Å²) in [5.74, 6) is -0.381. The van der Waals surface area contributed by atoms with Crippen molar-refractivity contribution in [2.75, 3.05) is 11.1 Å². The predicted molar refractivity (Wildman–Crippen MR) is 111 cm³/mol. The summed E-state index contributed by atoms with van der Waals surface area (Å²) in [5.41, 5.74) is 3.43. The van der Waals surface area contributed by atoms with Gasteiger partial charge in [-0.1, -0.05) is 29.5 Å². The van der Waals surface area contributed by atoms with Crippen LogP contribution in [0.4, 0.5) is 9.52 Å². The normalized spacial score (nSPS) is 10.8. The van der Waals surface area contributed by atoms with Crippen molar-refractivity contribution < 1.29 is 9.18 Å². The van der Waals surface area contributed by atoms with Crippen LogP contribution < -0.4 is 5.32 Å². The topological polar surface area (TPSA) is 85.6 Å². The Kier molecular flexibility index (Phi) is 5.63. The van der Waals surface area contributed by atoms with E-state index in [1.165, 1.54) is 35.2 Å². The van der Waals surface area contributed by atoms with Crippen LogP contribution in [-0.4, -0.2) is 36.9 Å². The van der Waals surface area contributed by atoms with E-state index < -0.39 is 0 Å². The van der Waals surface area contributed by atoms with Crippen LogP contribution in [0.1, 0.15) is 5.56 Å².